The Morgan fingerprint density at radius 2 is 1.90 bits per heavy atom. The number of nitrogens with one attached hydrogen (secondary N) is 1. The van der Waals surface area contributed by atoms with Gasteiger partial charge >= 0.3 is 6.03 Å². The van der Waals surface area contributed by atoms with Gasteiger partial charge in [0, 0.05) is 26.1 Å². The Balaban J connectivity index is 1.78. The van der Waals surface area contributed by atoms with E-state index in [0.29, 0.717) is 11.8 Å². The summed E-state index contributed by atoms with van der Waals surface area (Å²) < 4.78 is 0. The summed E-state index contributed by atoms with van der Waals surface area (Å²) >= 11 is 0. The molecule has 0 saturated heterocycles. The number of fused-ring (bicyclic) bond motifs is 1. The van der Waals surface area contributed by atoms with Crippen LogP contribution >= 0.6 is 0 Å². The first-order chi connectivity index (χ1) is 14.8. The van der Waals surface area contributed by atoms with Crippen LogP contribution in [0.25, 0.3) is 0 Å². The van der Waals surface area contributed by atoms with Crippen LogP contribution in [0.5, 0.6) is 0 Å². The summed E-state index contributed by atoms with van der Waals surface area (Å²) in [6.45, 7) is 1.47. The van der Waals surface area contributed by atoms with Gasteiger partial charge in [-0.25, -0.2) is 4.79 Å². The minimum absolute atomic E-state index is 0.0780. The number of carbonyl (C=O) groups excluding carboxylic acids is 5. The monoisotopic (exact) mass is 427 g/mol. The lowest BCUT2D eigenvalue weighted by Crippen LogP contribution is -2.44. The number of Topliss-reactive ketones (excluding diaryl/α,β-unsaturated/α-hetero) is 1. The summed E-state index contributed by atoms with van der Waals surface area (Å²) in [6, 6.07) is 3.91. The number of hydrogen-bond acceptors (Lipinski definition) is 5. The quantitative estimate of drug-likeness (QED) is 0.507. The highest BCUT2D eigenvalue weighted by Crippen LogP contribution is 2.30. The molecular formula is C23H29N3O5. The van der Waals surface area contributed by atoms with E-state index in [0.717, 1.165) is 30.6 Å². The molecule has 1 saturated carbocycles. The zero-order valence-corrected chi connectivity index (χ0v) is 18.1. The van der Waals surface area contributed by atoms with Gasteiger partial charge in [0.05, 0.1) is 17.2 Å². The molecular weight excluding hydrogens is 398 g/mol. The zero-order chi connectivity index (χ0) is 22.5. The highest BCUT2D eigenvalue weighted by Gasteiger charge is 2.42. The second-order valence-electron chi connectivity index (χ2n) is 8.33. The van der Waals surface area contributed by atoms with Gasteiger partial charge in [0.1, 0.15) is 6.29 Å². The molecule has 0 aromatic heterocycles. The molecule has 4 amide bonds. The van der Waals surface area contributed by atoms with E-state index < -0.39 is 17.9 Å². The van der Waals surface area contributed by atoms with E-state index in [1.165, 1.54) is 18.2 Å². The van der Waals surface area contributed by atoms with E-state index in [9.17, 15) is 24.0 Å². The van der Waals surface area contributed by atoms with E-state index in [-0.39, 0.29) is 48.4 Å². The van der Waals surface area contributed by atoms with Crippen molar-refractivity contribution < 1.29 is 24.0 Å². The van der Waals surface area contributed by atoms with Crippen molar-refractivity contribution in [1.82, 2.24) is 15.1 Å². The maximum atomic E-state index is 13.2. The summed E-state index contributed by atoms with van der Waals surface area (Å²) in [7, 11) is 1.65. The average Bonchev–Trinajstić information content (AvgIpc) is 3.00. The summed E-state index contributed by atoms with van der Waals surface area (Å²) in [5, 5.41) is 3.04. The number of imide groups is 1. The number of aldehydes is 1. The maximum Gasteiger partial charge on any atom is 0.317 e. The second-order valence-corrected chi connectivity index (χ2v) is 8.33. The van der Waals surface area contributed by atoms with Gasteiger partial charge in [0.15, 0.2) is 5.78 Å². The lowest BCUT2D eigenvalue weighted by Gasteiger charge is -2.26. The Hall–Kier alpha value is -3.03. The van der Waals surface area contributed by atoms with Crippen LogP contribution in [0.2, 0.25) is 0 Å². The predicted molar refractivity (Wildman–Crippen MR) is 114 cm³/mol. The van der Waals surface area contributed by atoms with Crippen LogP contribution in [0.3, 0.4) is 0 Å². The molecule has 1 fully saturated rings. The van der Waals surface area contributed by atoms with Crippen molar-refractivity contribution in [3.63, 3.8) is 0 Å². The molecule has 0 bridgehead atoms. The van der Waals surface area contributed by atoms with Gasteiger partial charge in [-0.1, -0.05) is 31.4 Å². The van der Waals surface area contributed by atoms with E-state index in [1.807, 2.05) is 0 Å². The fraction of sp³-hybridized carbons (Fsp3) is 0.522. The fourth-order valence-corrected chi connectivity index (χ4v) is 4.39. The van der Waals surface area contributed by atoms with Crippen LogP contribution in [-0.2, 0) is 16.1 Å². The average molecular weight is 428 g/mol. The Labute approximate surface area is 182 Å². The Bertz CT molecular complexity index is 891. The highest BCUT2D eigenvalue weighted by atomic mass is 16.2. The number of urea groups is 1. The topological polar surface area (TPSA) is 104 Å². The van der Waals surface area contributed by atoms with Gasteiger partial charge in [-0.05, 0) is 37.8 Å². The number of ketones is 1. The van der Waals surface area contributed by atoms with E-state index in [1.54, 1.807) is 25.2 Å². The first kappa shape index (κ1) is 22.7. The minimum Gasteiger partial charge on any atom is -0.335 e. The molecule has 3 rings (SSSR count). The van der Waals surface area contributed by atoms with Crippen molar-refractivity contribution in [3.8, 4) is 0 Å². The third-order valence-corrected chi connectivity index (χ3v) is 6.06. The first-order valence-corrected chi connectivity index (χ1v) is 10.8. The van der Waals surface area contributed by atoms with Crippen molar-refractivity contribution in [2.75, 3.05) is 7.05 Å². The lowest BCUT2D eigenvalue weighted by atomic mass is 9.96. The minimum atomic E-state index is -0.974. The number of hydrogen-bond donors (Lipinski definition) is 1. The van der Waals surface area contributed by atoms with E-state index >= 15 is 0 Å². The number of carbonyl (C=O) groups is 5. The molecule has 1 heterocycles. The SMILES string of the molecule is CC(=O)C(CCC=O)N1C(=O)c2cccc(CN(C)C(=O)NC3CCCCC3)c2C1=O. The molecule has 1 aromatic carbocycles. The number of rotatable bonds is 8. The second kappa shape index (κ2) is 9.85. The van der Waals surface area contributed by atoms with Crippen molar-refractivity contribution in [1.29, 1.82) is 0 Å². The molecule has 1 unspecified atom stereocenters. The van der Waals surface area contributed by atoms with Gasteiger partial charge in [0.25, 0.3) is 11.8 Å². The molecule has 8 nitrogen and oxygen atoms in total. The van der Waals surface area contributed by atoms with Gasteiger partial charge in [0.2, 0.25) is 0 Å². The number of nitrogens with zero attached hydrogens (tertiary/aromatic N) is 2. The molecule has 0 radical (unpaired) electrons. The summed E-state index contributed by atoms with van der Waals surface area (Å²) in [5.74, 6) is -1.44. The van der Waals surface area contributed by atoms with E-state index in [4.69, 9.17) is 0 Å². The van der Waals surface area contributed by atoms with Gasteiger partial charge in [-0.2, -0.15) is 0 Å². The van der Waals surface area contributed by atoms with E-state index in [2.05, 4.69) is 5.32 Å². The third-order valence-electron chi connectivity index (χ3n) is 6.06. The largest absolute Gasteiger partial charge is 0.335 e. The third kappa shape index (κ3) is 4.84. The molecule has 2 aliphatic rings. The van der Waals surface area contributed by atoms with Crippen molar-refractivity contribution in [2.24, 2.45) is 0 Å². The predicted octanol–water partition coefficient (Wildman–Crippen LogP) is 2.69. The van der Waals surface area contributed by atoms with Gasteiger partial charge in [-0.3, -0.25) is 19.3 Å². The lowest BCUT2D eigenvalue weighted by molar-refractivity contribution is -0.121. The van der Waals surface area contributed by atoms with Crippen LogP contribution in [-0.4, -0.2) is 58.8 Å². The van der Waals surface area contributed by atoms with Crippen LogP contribution in [0.15, 0.2) is 18.2 Å². The Morgan fingerprint density at radius 3 is 2.55 bits per heavy atom. The first-order valence-electron chi connectivity index (χ1n) is 10.8. The smallest absolute Gasteiger partial charge is 0.317 e. The van der Waals surface area contributed by atoms with Crippen LogP contribution in [0.4, 0.5) is 4.79 Å². The fourth-order valence-electron chi connectivity index (χ4n) is 4.39. The van der Waals surface area contributed by atoms with Crippen LogP contribution < -0.4 is 5.32 Å². The molecule has 31 heavy (non-hydrogen) atoms. The standard InChI is InChI=1S/C23H29N3O5/c1-15(28)19(12-7-13-27)26-21(29)18-11-6-8-16(20(18)22(26)30)14-25(2)23(31)24-17-9-4-3-5-10-17/h6,8,11,13,17,19H,3-5,7,9-10,12,14H2,1-2H3,(H,24,31). The normalized spacial score (nSPS) is 17.3. The molecule has 1 aromatic rings. The van der Waals surface area contributed by atoms with Crippen molar-refractivity contribution >= 4 is 29.9 Å². The molecule has 1 N–H and O–H groups in total. The van der Waals surface area contributed by atoms with Crippen LogP contribution in [0, 0.1) is 0 Å². The highest BCUT2D eigenvalue weighted by molar-refractivity contribution is 6.23. The summed E-state index contributed by atoms with van der Waals surface area (Å²) in [6.07, 6.45) is 6.19. The zero-order valence-electron chi connectivity index (χ0n) is 18.1. The van der Waals surface area contributed by atoms with Gasteiger partial charge < -0.3 is 15.0 Å². The molecule has 1 aliphatic carbocycles. The van der Waals surface area contributed by atoms with Crippen molar-refractivity contribution in [2.45, 2.75) is 70.5 Å². The van der Waals surface area contributed by atoms with Crippen LogP contribution in [0.1, 0.15) is 78.1 Å². The Kier molecular flexibility index (Phi) is 7.20. The number of benzene rings is 1. The van der Waals surface area contributed by atoms with Gasteiger partial charge in [-0.15, -0.1) is 0 Å². The molecule has 8 heteroatoms. The number of amides is 4. The molecule has 0 spiro atoms. The molecule has 1 aliphatic heterocycles. The van der Waals surface area contributed by atoms with Crippen molar-refractivity contribution in [3.05, 3.63) is 34.9 Å². The summed E-state index contributed by atoms with van der Waals surface area (Å²) in [4.78, 5) is 64.0. The molecule has 166 valence electrons. The summed E-state index contributed by atoms with van der Waals surface area (Å²) in [5.41, 5.74) is 1.00. The maximum absolute atomic E-state index is 13.2. The molecule has 1 atom stereocenters. The Morgan fingerprint density at radius 1 is 1.19 bits per heavy atom.